The Morgan fingerprint density at radius 2 is 0.707 bits per heavy atom. The Labute approximate surface area is 245 Å². The van der Waals surface area contributed by atoms with Gasteiger partial charge in [-0.25, -0.2) is 24.3 Å². The van der Waals surface area contributed by atoms with Gasteiger partial charge in [-0.05, 0) is 36.4 Å². The molecule has 2 aliphatic carbocycles. The minimum atomic E-state index is -4.92. The molecule has 0 aliphatic heterocycles. The van der Waals surface area contributed by atoms with Crippen molar-refractivity contribution < 1.29 is 89.1 Å². The molecule has 0 aromatic heterocycles. The van der Waals surface area contributed by atoms with Crippen molar-refractivity contribution >= 4 is 0 Å². The van der Waals surface area contributed by atoms with Crippen LogP contribution in [0.5, 0.6) is 11.5 Å². The van der Waals surface area contributed by atoms with Crippen LogP contribution in [0.1, 0.15) is 35.1 Å². The van der Waals surface area contributed by atoms with Crippen LogP contribution in [0.15, 0.2) is 72.9 Å². The van der Waals surface area contributed by atoms with Gasteiger partial charge in [-0.2, -0.15) is 64.8 Å². The topological polar surface area (TPSA) is 40.5 Å². The molecule has 222 valence electrons. The van der Waals surface area contributed by atoms with Crippen LogP contribution in [0, 0.1) is 12.2 Å². The predicted octanol–water partition coefficient (Wildman–Crippen LogP) is 9.47. The van der Waals surface area contributed by atoms with Gasteiger partial charge in [0.1, 0.15) is 11.5 Å². The van der Waals surface area contributed by atoms with E-state index >= 15 is 0 Å². The van der Waals surface area contributed by atoms with Gasteiger partial charge in [0.25, 0.3) is 0 Å². The van der Waals surface area contributed by atoms with Gasteiger partial charge in [0.2, 0.25) is 0 Å². The summed E-state index contributed by atoms with van der Waals surface area (Å²) in [4.78, 5) is 0. The van der Waals surface area contributed by atoms with Crippen LogP contribution < -0.4 is 0 Å². The molecule has 2 aromatic carbocycles. The second kappa shape index (κ2) is 15.9. The Balaban J connectivity index is 0.000000573. The smallest absolute Gasteiger partial charge is 0.508 e. The van der Waals surface area contributed by atoms with Crippen molar-refractivity contribution in [3.05, 3.63) is 107 Å². The molecule has 2 N–H and O–H groups in total. The maximum atomic E-state index is 12.1. The first kappa shape index (κ1) is 38.0. The summed E-state index contributed by atoms with van der Waals surface area (Å²) < 4.78 is 145. The molecular formula is C26H18F12O2Zr. The largest absolute Gasteiger partial charge is 2.00 e. The SMILES string of the molecule is Oc1cc(C(F)(F)F)cc(C(F)(F)F)c1.Oc1cc(C(F)(F)F)cc(C(F)(F)F)c1.[C-]1=CC=CC1.[C-]1=CC=CC1.[Zr+2]. The molecule has 2 aromatic rings. The molecule has 0 bridgehead atoms. The molecule has 0 unspecified atom stereocenters. The number of phenols is 2. The second-order valence-electron chi connectivity index (χ2n) is 7.53. The average Bonchev–Trinajstić information content (AvgIpc) is 3.55. The first-order chi connectivity index (χ1) is 18.2. The van der Waals surface area contributed by atoms with Gasteiger partial charge in [0, 0.05) is 0 Å². The van der Waals surface area contributed by atoms with Crippen LogP contribution in [-0.2, 0) is 50.9 Å². The summed E-state index contributed by atoms with van der Waals surface area (Å²) in [5, 5.41) is 17.4. The Hall–Kier alpha value is -2.96. The Morgan fingerprint density at radius 1 is 0.463 bits per heavy atom. The number of benzene rings is 2. The maximum Gasteiger partial charge on any atom is 2.00 e. The number of phenolic OH excluding ortho intramolecular Hbond substituents is 2. The zero-order valence-corrected chi connectivity index (χ0v) is 22.7. The number of halogens is 12. The number of hydrogen-bond acceptors (Lipinski definition) is 2. The van der Waals surface area contributed by atoms with E-state index in [1.807, 2.05) is 24.3 Å². The number of rotatable bonds is 0. The predicted molar refractivity (Wildman–Crippen MR) is 119 cm³/mol. The van der Waals surface area contributed by atoms with Crippen molar-refractivity contribution in [1.29, 1.82) is 0 Å². The summed E-state index contributed by atoms with van der Waals surface area (Å²) in [7, 11) is 0. The van der Waals surface area contributed by atoms with E-state index in [1.165, 1.54) is 0 Å². The van der Waals surface area contributed by atoms with Gasteiger partial charge in [-0.1, -0.05) is 0 Å². The molecule has 0 saturated heterocycles. The van der Waals surface area contributed by atoms with Crippen LogP contribution in [0.2, 0.25) is 0 Å². The average molecular weight is 682 g/mol. The van der Waals surface area contributed by atoms with Gasteiger partial charge in [0.05, 0.1) is 22.3 Å². The quantitative estimate of drug-likeness (QED) is 0.215. The molecule has 2 aliphatic rings. The van der Waals surface area contributed by atoms with E-state index in [0.29, 0.717) is 0 Å². The van der Waals surface area contributed by atoms with Crippen molar-refractivity contribution in [2.45, 2.75) is 37.5 Å². The third-order valence-corrected chi connectivity index (χ3v) is 4.32. The molecule has 15 heteroatoms. The second-order valence-corrected chi connectivity index (χ2v) is 7.53. The third kappa shape index (κ3) is 15.0. The van der Waals surface area contributed by atoms with E-state index in [9.17, 15) is 52.7 Å². The summed E-state index contributed by atoms with van der Waals surface area (Å²) in [6.45, 7) is 0. The molecule has 0 atom stereocenters. The molecule has 0 amide bonds. The van der Waals surface area contributed by atoms with Crippen molar-refractivity contribution in [2.24, 2.45) is 0 Å². The van der Waals surface area contributed by atoms with Crippen molar-refractivity contribution in [3.63, 3.8) is 0 Å². The molecule has 41 heavy (non-hydrogen) atoms. The van der Waals surface area contributed by atoms with Crippen molar-refractivity contribution in [3.8, 4) is 11.5 Å². The third-order valence-electron chi connectivity index (χ3n) is 4.32. The molecule has 2 nitrogen and oxygen atoms in total. The molecule has 0 fully saturated rings. The summed E-state index contributed by atoms with van der Waals surface area (Å²) in [5.74, 6) is -2.14. The number of hydrogen-bond donors (Lipinski definition) is 2. The van der Waals surface area contributed by atoms with E-state index in [4.69, 9.17) is 10.2 Å². The van der Waals surface area contributed by atoms with E-state index < -0.39 is 58.5 Å². The van der Waals surface area contributed by atoms with Crippen molar-refractivity contribution in [2.75, 3.05) is 0 Å². The summed E-state index contributed by atoms with van der Waals surface area (Å²) in [6, 6.07) is 0.814. The van der Waals surface area contributed by atoms with E-state index in [2.05, 4.69) is 24.3 Å². The van der Waals surface area contributed by atoms with Crippen molar-refractivity contribution in [1.82, 2.24) is 0 Å². The summed E-state index contributed by atoms with van der Waals surface area (Å²) >= 11 is 0. The molecule has 0 saturated carbocycles. The molecule has 4 rings (SSSR count). The minimum absolute atomic E-state index is 0. The van der Waals surface area contributed by atoms with Crippen LogP contribution in [0.25, 0.3) is 0 Å². The molecule has 0 heterocycles. The fourth-order valence-corrected chi connectivity index (χ4v) is 2.56. The van der Waals surface area contributed by atoms with Gasteiger partial charge < -0.3 is 10.2 Å². The molecule has 0 spiro atoms. The van der Waals surface area contributed by atoms with Crippen LogP contribution in [0.4, 0.5) is 52.7 Å². The number of aromatic hydroxyl groups is 2. The van der Waals surface area contributed by atoms with Crippen LogP contribution in [0.3, 0.4) is 0 Å². The fraction of sp³-hybridized carbons (Fsp3) is 0.231. The summed E-state index contributed by atoms with van der Waals surface area (Å²) in [5.41, 5.74) is -6.13. The van der Waals surface area contributed by atoms with Gasteiger partial charge in [-0.15, -0.1) is 12.8 Å². The molecular weight excluding hydrogens is 663 g/mol. The zero-order valence-electron chi connectivity index (χ0n) is 20.3. The number of alkyl halides is 12. The van der Waals surface area contributed by atoms with Gasteiger partial charge in [-0.3, -0.25) is 12.2 Å². The first-order valence-corrected chi connectivity index (χ1v) is 10.6. The maximum absolute atomic E-state index is 12.1. The Morgan fingerprint density at radius 3 is 0.829 bits per heavy atom. The molecule has 0 radical (unpaired) electrons. The van der Waals surface area contributed by atoms with Crippen LogP contribution >= 0.6 is 0 Å². The summed E-state index contributed by atoms with van der Waals surface area (Å²) in [6.07, 6.45) is 0.328. The Kier molecular flexibility index (Phi) is 14.7. The normalized spacial score (nSPS) is 13.8. The minimum Gasteiger partial charge on any atom is -0.508 e. The van der Waals surface area contributed by atoms with Gasteiger partial charge in [0.15, 0.2) is 0 Å². The fourth-order valence-electron chi connectivity index (χ4n) is 2.56. The van der Waals surface area contributed by atoms with E-state index in [1.54, 1.807) is 0 Å². The standard InChI is InChI=1S/2C8H4F6O.2C5H5.Zr/c2*9-7(10,11)4-1-5(8(12,13)14)3-6(15)2-4;2*1-2-4-5-3-1;/h2*1-3,15H;2*1-3H,4H2;/q;;2*-1;+2. The number of allylic oxidation sites excluding steroid dienone is 8. The van der Waals surface area contributed by atoms with Gasteiger partial charge >= 0.3 is 50.9 Å². The van der Waals surface area contributed by atoms with E-state index in [0.717, 1.165) is 12.8 Å². The zero-order chi connectivity index (χ0) is 30.8. The first-order valence-electron chi connectivity index (χ1n) is 10.6. The Bertz CT molecular complexity index is 1040. The van der Waals surface area contributed by atoms with Crippen LogP contribution in [-0.4, -0.2) is 10.2 Å². The van der Waals surface area contributed by atoms with E-state index in [-0.39, 0.29) is 62.6 Å². The monoisotopic (exact) mass is 680 g/mol.